The van der Waals surface area contributed by atoms with Crippen LogP contribution in [0.1, 0.15) is 23.0 Å². The Morgan fingerprint density at radius 1 is 1.16 bits per heavy atom. The quantitative estimate of drug-likeness (QED) is 0.574. The Kier molecular flexibility index (Phi) is 5.08. The van der Waals surface area contributed by atoms with Crippen molar-refractivity contribution < 1.29 is 9.53 Å². The standard InChI is InChI=1S/C17H14Cl3N3O2/c1-3-25-17(24)14-10(2)16(22-6-4-5-7-22)23(21-14)15-12(19)8-11(18)9-13(15)20/h4-9H,3H2,1-2H3. The summed E-state index contributed by atoms with van der Waals surface area (Å²) in [6.45, 7) is 3.79. The molecule has 0 saturated carbocycles. The molecule has 3 aromatic rings. The highest BCUT2D eigenvalue weighted by atomic mass is 35.5. The lowest BCUT2D eigenvalue weighted by atomic mass is 10.2. The Bertz CT molecular complexity index is 910. The van der Waals surface area contributed by atoms with Gasteiger partial charge in [-0.25, -0.2) is 9.48 Å². The van der Waals surface area contributed by atoms with Gasteiger partial charge in [0, 0.05) is 23.0 Å². The third-order valence-electron chi connectivity index (χ3n) is 3.60. The number of esters is 1. The van der Waals surface area contributed by atoms with E-state index in [1.165, 1.54) is 4.68 Å². The summed E-state index contributed by atoms with van der Waals surface area (Å²) in [7, 11) is 0. The molecule has 0 aliphatic heterocycles. The molecule has 0 aliphatic rings. The fourth-order valence-corrected chi connectivity index (χ4v) is 3.53. The van der Waals surface area contributed by atoms with E-state index in [4.69, 9.17) is 39.5 Å². The number of aromatic nitrogens is 3. The van der Waals surface area contributed by atoms with Crippen LogP contribution in [0.5, 0.6) is 0 Å². The van der Waals surface area contributed by atoms with Crippen molar-refractivity contribution in [1.82, 2.24) is 14.3 Å². The maximum absolute atomic E-state index is 12.3. The van der Waals surface area contributed by atoms with Crippen LogP contribution in [-0.4, -0.2) is 26.9 Å². The van der Waals surface area contributed by atoms with Crippen molar-refractivity contribution in [3.05, 3.63) is 63.0 Å². The van der Waals surface area contributed by atoms with Crippen LogP contribution in [0.3, 0.4) is 0 Å². The fraction of sp³-hybridized carbons (Fsp3) is 0.176. The van der Waals surface area contributed by atoms with Gasteiger partial charge in [0.15, 0.2) is 5.69 Å². The predicted molar refractivity (Wildman–Crippen MR) is 98.6 cm³/mol. The van der Waals surface area contributed by atoms with E-state index in [0.29, 0.717) is 32.1 Å². The molecule has 0 spiro atoms. The van der Waals surface area contributed by atoms with E-state index in [9.17, 15) is 4.79 Å². The molecule has 2 aromatic heterocycles. The summed E-state index contributed by atoms with van der Waals surface area (Å²) < 4.78 is 8.45. The zero-order chi connectivity index (χ0) is 18.1. The van der Waals surface area contributed by atoms with Gasteiger partial charge in [0.2, 0.25) is 0 Å². The first kappa shape index (κ1) is 17.9. The molecule has 130 valence electrons. The molecule has 2 heterocycles. The zero-order valence-electron chi connectivity index (χ0n) is 13.5. The second kappa shape index (κ2) is 7.12. The number of rotatable bonds is 4. The second-order valence-electron chi connectivity index (χ2n) is 5.24. The Morgan fingerprint density at radius 2 is 1.76 bits per heavy atom. The Balaban J connectivity index is 2.30. The highest BCUT2D eigenvalue weighted by Gasteiger charge is 2.25. The number of halogens is 3. The number of nitrogens with zero attached hydrogens (tertiary/aromatic N) is 3. The molecule has 0 amide bonds. The predicted octanol–water partition coefficient (Wildman–Crippen LogP) is 5.11. The SMILES string of the molecule is CCOC(=O)c1nn(-c2c(Cl)cc(Cl)cc2Cl)c(-n2cccc2)c1C. The van der Waals surface area contributed by atoms with Crippen LogP contribution in [-0.2, 0) is 4.74 Å². The third kappa shape index (κ3) is 3.27. The lowest BCUT2D eigenvalue weighted by Gasteiger charge is -2.13. The minimum atomic E-state index is -0.506. The average Bonchev–Trinajstić information content (AvgIpc) is 3.14. The van der Waals surface area contributed by atoms with E-state index in [0.717, 1.165) is 0 Å². The number of hydrogen-bond acceptors (Lipinski definition) is 3. The molecule has 0 bridgehead atoms. The average molecular weight is 399 g/mol. The molecule has 0 aliphatic carbocycles. The number of carbonyl (C=O) groups excluding carboxylic acids is 1. The highest BCUT2D eigenvalue weighted by Crippen LogP contribution is 2.34. The second-order valence-corrected chi connectivity index (χ2v) is 6.49. The van der Waals surface area contributed by atoms with Gasteiger partial charge >= 0.3 is 5.97 Å². The first-order valence-corrected chi connectivity index (χ1v) is 8.62. The summed E-state index contributed by atoms with van der Waals surface area (Å²) in [4.78, 5) is 12.3. The van der Waals surface area contributed by atoms with Crippen LogP contribution in [0.15, 0.2) is 36.7 Å². The maximum atomic E-state index is 12.3. The topological polar surface area (TPSA) is 49.0 Å². The van der Waals surface area contributed by atoms with Gasteiger partial charge in [-0.15, -0.1) is 0 Å². The molecule has 0 N–H and O–H groups in total. The van der Waals surface area contributed by atoms with Crippen LogP contribution in [0, 0.1) is 6.92 Å². The van der Waals surface area contributed by atoms with Gasteiger partial charge in [-0.3, -0.25) is 0 Å². The smallest absolute Gasteiger partial charge is 0.359 e. The van der Waals surface area contributed by atoms with Gasteiger partial charge in [-0.05, 0) is 38.1 Å². The Hall–Kier alpha value is -1.95. The summed E-state index contributed by atoms with van der Waals surface area (Å²) in [5.74, 6) is 0.132. The molecule has 3 rings (SSSR count). The van der Waals surface area contributed by atoms with Crippen LogP contribution in [0.4, 0.5) is 0 Å². The monoisotopic (exact) mass is 397 g/mol. The summed E-state index contributed by atoms with van der Waals surface area (Å²) in [5, 5.41) is 5.47. The van der Waals surface area contributed by atoms with Crippen LogP contribution in [0.25, 0.3) is 11.5 Å². The number of benzene rings is 1. The molecule has 0 radical (unpaired) electrons. The van der Waals surface area contributed by atoms with E-state index >= 15 is 0 Å². The highest BCUT2D eigenvalue weighted by molar-refractivity contribution is 6.40. The molecule has 8 heteroatoms. The summed E-state index contributed by atoms with van der Waals surface area (Å²) in [5.41, 5.74) is 1.29. The minimum absolute atomic E-state index is 0.202. The van der Waals surface area contributed by atoms with Gasteiger partial charge in [-0.2, -0.15) is 5.10 Å². The molecular weight excluding hydrogens is 385 g/mol. The molecular formula is C17H14Cl3N3O2. The largest absolute Gasteiger partial charge is 0.461 e. The first-order valence-electron chi connectivity index (χ1n) is 7.49. The normalized spacial score (nSPS) is 10.9. The van der Waals surface area contributed by atoms with Gasteiger partial charge in [0.1, 0.15) is 11.5 Å². The lowest BCUT2D eigenvalue weighted by Crippen LogP contribution is -2.08. The molecule has 5 nitrogen and oxygen atoms in total. The summed E-state index contributed by atoms with van der Waals surface area (Å²) in [6, 6.07) is 6.88. The fourth-order valence-electron chi connectivity index (χ4n) is 2.55. The first-order chi connectivity index (χ1) is 11.9. The number of carbonyl (C=O) groups is 1. The van der Waals surface area contributed by atoms with E-state index in [1.54, 1.807) is 26.0 Å². The van der Waals surface area contributed by atoms with E-state index in [2.05, 4.69) is 5.10 Å². The Morgan fingerprint density at radius 3 is 2.32 bits per heavy atom. The molecule has 0 fully saturated rings. The van der Waals surface area contributed by atoms with Gasteiger partial charge in [0.05, 0.1) is 16.7 Å². The molecule has 0 saturated heterocycles. The van der Waals surface area contributed by atoms with Crippen molar-refractivity contribution >= 4 is 40.8 Å². The molecule has 0 unspecified atom stereocenters. The van der Waals surface area contributed by atoms with Gasteiger partial charge in [-0.1, -0.05) is 34.8 Å². The van der Waals surface area contributed by atoms with Crippen LogP contribution >= 0.6 is 34.8 Å². The Labute approximate surface area is 159 Å². The van der Waals surface area contributed by atoms with Crippen molar-refractivity contribution in [3.63, 3.8) is 0 Å². The minimum Gasteiger partial charge on any atom is -0.461 e. The van der Waals surface area contributed by atoms with Gasteiger partial charge in [0.25, 0.3) is 0 Å². The number of hydrogen-bond donors (Lipinski definition) is 0. The zero-order valence-corrected chi connectivity index (χ0v) is 15.7. The van der Waals surface area contributed by atoms with E-state index < -0.39 is 5.97 Å². The van der Waals surface area contributed by atoms with Crippen LogP contribution in [0.2, 0.25) is 15.1 Å². The number of ether oxygens (including phenoxy) is 1. The molecule has 0 atom stereocenters. The van der Waals surface area contributed by atoms with E-state index in [-0.39, 0.29) is 12.3 Å². The van der Waals surface area contributed by atoms with Crippen molar-refractivity contribution in [2.24, 2.45) is 0 Å². The third-order valence-corrected chi connectivity index (χ3v) is 4.40. The van der Waals surface area contributed by atoms with Crippen molar-refractivity contribution in [3.8, 4) is 11.5 Å². The van der Waals surface area contributed by atoms with Crippen molar-refractivity contribution in [2.45, 2.75) is 13.8 Å². The molecule has 25 heavy (non-hydrogen) atoms. The van der Waals surface area contributed by atoms with E-state index in [1.807, 2.05) is 29.1 Å². The van der Waals surface area contributed by atoms with Crippen molar-refractivity contribution in [2.75, 3.05) is 6.61 Å². The molecule has 1 aromatic carbocycles. The lowest BCUT2D eigenvalue weighted by molar-refractivity contribution is 0.0518. The van der Waals surface area contributed by atoms with Crippen molar-refractivity contribution in [1.29, 1.82) is 0 Å². The summed E-state index contributed by atoms with van der Waals surface area (Å²) >= 11 is 18.7. The maximum Gasteiger partial charge on any atom is 0.359 e. The summed E-state index contributed by atoms with van der Waals surface area (Å²) in [6.07, 6.45) is 3.68. The van der Waals surface area contributed by atoms with Crippen LogP contribution < -0.4 is 0 Å². The van der Waals surface area contributed by atoms with Gasteiger partial charge < -0.3 is 9.30 Å².